The molecule has 0 spiro atoms. The summed E-state index contributed by atoms with van der Waals surface area (Å²) in [4.78, 5) is 11.5. The van der Waals surface area contributed by atoms with Gasteiger partial charge in [-0.15, -0.1) is 0 Å². The summed E-state index contributed by atoms with van der Waals surface area (Å²) in [6.45, 7) is 14.7. The van der Waals surface area contributed by atoms with Crippen LogP contribution in [0.5, 0.6) is 0 Å². The number of aliphatic imine (C=N–C) groups is 2. The number of hydrogen-bond acceptors (Lipinski definition) is 2. The monoisotopic (exact) mass is 338 g/mol. The molecule has 2 aliphatic rings. The van der Waals surface area contributed by atoms with E-state index in [2.05, 4.69) is 53.8 Å². The first-order chi connectivity index (χ1) is 12.0. The number of guanidine groups is 1. The predicted octanol–water partition coefficient (Wildman–Crippen LogP) is 3.62. The topological polar surface area (TPSA) is 40.0 Å². The molecule has 1 fully saturated rings. The second-order valence-corrected chi connectivity index (χ2v) is 7.59. The maximum absolute atomic E-state index is 4.78. The molecule has 1 aromatic carbocycles. The van der Waals surface area contributed by atoms with Gasteiger partial charge in [0.25, 0.3) is 0 Å². The summed E-state index contributed by atoms with van der Waals surface area (Å²) in [5.74, 6) is 0.769. The van der Waals surface area contributed by atoms with Gasteiger partial charge < -0.3 is 10.2 Å². The van der Waals surface area contributed by atoms with E-state index >= 15 is 0 Å². The summed E-state index contributed by atoms with van der Waals surface area (Å²) >= 11 is 0. The maximum Gasteiger partial charge on any atom is 0.225 e. The van der Waals surface area contributed by atoms with Gasteiger partial charge in [0.2, 0.25) is 5.96 Å². The fourth-order valence-electron chi connectivity index (χ4n) is 3.81. The van der Waals surface area contributed by atoms with Crippen molar-refractivity contribution in [3.05, 3.63) is 41.5 Å². The van der Waals surface area contributed by atoms with Crippen molar-refractivity contribution in [3.63, 3.8) is 0 Å². The minimum Gasteiger partial charge on any atom is -0.338 e. The van der Waals surface area contributed by atoms with Crippen LogP contribution in [-0.4, -0.2) is 43.3 Å². The second-order valence-electron chi connectivity index (χ2n) is 7.59. The lowest BCUT2D eigenvalue weighted by atomic mass is 9.72. The van der Waals surface area contributed by atoms with Crippen molar-refractivity contribution in [2.24, 2.45) is 9.98 Å². The van der Waals surface area contributed by atoms with Gasteiger partial charge in [0.15, 0.2) is 0 Å². The van der Waals surface area contributed by atoms with Gasteiger partial charge in [-0.1, -0.05) is 32.6 Å². The minimum absolute atomic E-state index is 0.233. The third-order valence-corrected chi connectivity index (χ3v) is 5.30. The van der Waals surface area contributed by atoms with Gasteiger partial charge in [-0.05, 0) is 54.4 Å². The smallest absolute Gasteiger partial charge is 0.225 e. The quantitative estimate of drug-likeness (QED) is 0.661. The number of aryl methyl sites for hydroxylation is 1. The van der Waals surface area contributed by atoms with E-state index in [0.29, 0.717) is 0 Å². The third-order valence-electron chi connectivity index (χ3n) is 5.30. The van der Waals surface area contributed by atoms with Gasteiger partial charge >= 0.3 is 0 Å². The highest BCUT2D eigenvalue weighted by Crippen LogP contribution is 2.38. The molecule has 0 unspecified atom stereocenters. The third kappa shape index (κ3) is 4.01. The summed E-state index contributed by atoms with van der Waals surface area (Å²) in [6, 6.07) is 6.72. The van der Waals surface area contributed by atoms with E-state index in [4.69, 9.17) is 4.99 Å². The van der Waals surface area contributed by atoms with E-state index in [9.17, 15) is 0 Å². The van der Waals surface area contributed by atoms with Crippen LogP contribution in [0.25, 0.3) is 5.70 Å². The molecule has 1 N–H and O–H groups in total. The van der Waals surface area contributed by atoms with Crippen molar-refractivity contribution in [1.82, 2.24) is 10.2 Å². The summed E-state index contributed by atoms with van der Waals surface area (Å²) in [7, 11) is 0. The summed E-state index contributed by atoms with van der Waals surface area (Å²) in [5.41, 5.74) is 5.06. The first-order valence-corrected chi connectivity index (χ1v) is 9.37. The highest BCUT2D eigenvalue weighted by atomic mass is 15.3. The number of rotatable bonds is 2. The largest absolute Gasteiger partial charge is 0.338 e. The van der Waals surface area contributed by atoms with Crippen molar-refractivity contribution in [3.8, 4) is 0 Å². The zero-order valence-corrected chi connectivity index (χ0v) is 15.8. The molecule has 1 saturated heterocycles. The predicted molar refractivity (Wildman–Crippen MR) is 107 cm³/mol. The van der Waals surface area contributed by atoms with Crippen LogP contribution >= 0.6 is 0 Å². The lowest BCUT2D eigenvalue weighted by Crippen LogP contribution is -2.46. The Morgan fingerprint density at radius 3 is 2.76 bits per heavy atom. The van der Waals surface area contributed by atoms with E-state index in [0.717, 1.165) is 43.4 Å². The Morgan fingerprint density at radius 1 is 1.28 bits per heavy atom. The summed E-state index contributed by atoms with van der Waals surface area (Å²) < 4.78 is 0. The van der Waals surface area contributed by atoms with Gasteiger partial charge in [-0.25, -0.2) is 9.98 Å². The average molecular weight is 338 g/mol. The van der Waals surface area contributed by atoms with E-state index in [1.165, 1.54) is 30.4 Å². The number of nitrogens with one attached hydrogen (secondary N) is 1. The minimum atomic E-state index is 0.233. The van der Waals surface area contributed by atoms with Crippen LogP contribution in [0.3, 0.4) is 0 Å². The Morgan fingerprint density at radius 2 is 2.04 bits per heavy atom. The number of hydrogen-bond donors (Lipinski definition) is 1. The van der Waals surface area contributed by atoms with E-state index in [1.54, 1.807) is 0 Å². The highest BCUT2D eigenvalue weighted by Gasteiger charge is 2.27. The van der Waals surface area contributed by atoms with Crippen molar-refractivity contribution >= 4 is 17.9 Å². The Hall–Kier alpha value is -1.94. The van der Waals surface area contributed by atoms with Gasteiger partial charge in [0.05, 0.1) is 5.70 Å². The van der Waals surface area contributed by atoms with Crippen molar-refractivity contribution in [2.75, 3.05) is 26.2 Å². The van der Waals surface area contributed by atoms with Gasteiger partial charge in [-0.2, -0.15) is 0 Å². The van der Waals surface area contributed by atoms with E-state index in [1.807, 2.05) is 13.1 Å². The van der Waals surface area contributed by atoms with Crippen LogP contribution in [-0.2, 0) is 11.8 Å². The molecular weight excluding hydrogens is 308 g/mol. The fraction of sp³-hybridized carbons (Fsp3) is 0.524. The molecule has 0 saturated carbocycles. The molecule has 1 heterocycles. The van der Waals surface area contributed by atoms with E-state index < -0.39 is 0 Å². The zero-order valence-electron chi connectivity index (χ0n) is 15.8. The molecule has 0 atom stereocenters. The van der Waals surface area contributed by atoms with Crippen LogP contribution in [0.15, 0.2) is 34.8 Å². The van der Waals surface area contributed by atoms with Crippen molar-refractivity contribution < 1.29 is 0 Å². The fourth-order valence-corrected chi connectivity index (χ4v) is 3.81. The molecule has 1 aliphatic heterocycles. The van der Waals surface area contributed by atoms with Gasteiger partial charge in [0.1, 0.15) is 0 Å². The molecule has 4 heteroatoms. The standard InChI is InChI=1S/C21H30N4/c1-5-23-20(25-13-11-22-12-14-25)24-16(2)18-9-8-17-7-6-10-21(3,4)19(17)15-18/h5,8-9,15,22H,2,6-7,10-14H2,1,3-4H3/b23-5-,24-20?. The molecule has 0 amide bonds. The van der Waals surface area contributed by atoms with Crippen LogP contribution in [0.4, 0.5) is 0 Å². The number of fused-ring (bicyclic) bond motifs is 1. The molecule has 0 bridgehead atoms. The Balaban J connectivity index is 1.89. The molecule has 25 heavy (non-hydrogen) atoms. The van der Waals surface area contributed by atoms with Gasteiger partial charge in [-0.3, -0.25) is 0 Å². The summed E-state index contributed by atoms with van der Waals surface area (Å²) in [5, 5.41) is 3.37. The maximum atomic E-state index is 4.78. The molecular formula is C21H30N4. The number of nitrogens with zero attached hydrogens (tertiary/aromatic N) is 3. The zero-order chi connectivity index (χ0) is 17.9. The molecule has 4 nitrogen and oxygen atoms in total. The van der Waals surface area contributed by atoms with Crippen LogP contribution in [0, 0.1) is 0 Å². The SMILES string of the molecule is C=C(N=C(/N=C\C)N1CCNCC1)c1ccc2c(c1)C(C)(C)CCC2. The average Bonchev–Trinajstić information content (AvgIpc) is 2.61. The lowest BCUT2D eigenvalue weighted by Gasteiger charge is -2.33. The lowest BCUT2D eigenvalue weighted by molar-refractivity contribution is 0.355. The van der Waals surface area contributed by atoms with Gasteiger partial charge in [0, 0.05) is 32.4 Å². The Kier molecular flexibility index (Phi) is 5.38. The molecule has 0 radical (unpaired) electrons. The summed E-state index contributed by atoms with van der Waals surface area (Å²) in [6.07, 6.45) is 5.51. The first-order valence-electron chi connectivity index (χ1n) is 9.37. The van der Waals surface area contributed by atoms with Crippen LogP contribution in [0.1, 0.15) is 50.3 Å². The number of benzene rings is 1. The number of piperazine rings is 1. The van der Waals surface area contributed by atoms with Crippen molar-refractivity contribution in [2.45, 2.75) is 45.4 Å². The first kappa shape index (κ1) is 17.9. The van der Waals surface area contributed by atoms with Crippen LogP contribution in [0.2, 0.25) is 0 Å². The Bertz CT molecular complexity index is 694. The molecule has 3 rings (SSSR count). The molecule has 134 valence electrons. The molecule has 0 aromatic heterocycles. The van der Waals surface area contributed by atoms with E-state index in [-0.39, 0.29) is 5.41 Å². The normalized spacial score (nSPS) is 20.6. The highest BCUT2D eigenvalue weighted by molar-refractivity contribution is 5.91. The van der Waals surface area contributed by atoms with Crippen LogP contribution < -0.4 is 5.32 Å². The molecule has 1 aromatic rings. The molecule has 1 aliphatic carbocycles. The van der Waals surface area contributed by atoms with Crippen molar-refractivity contribution in [1.29, 1.82) is 0 Å². The Labute approximate surface area is 151 Å². The second kappa shape index (κ2) is 7.52.